The standard InChI is InChI=1S/C17H26FNO2/c1-14(2)12-19(17(20)10-6-7-11-21-3)13-15-8-4-5-9-16(15)18/h4-5,8-9,14H,6-7,10-13H2,1-3H3. The molecule has 0 heterocycles. The number of hydrogen-bond donors (Lipinski definition) is 0. The summed E-state index contributed by atoms with van der Waals surface area (Å²) in [5.41, 5.74) is 0.573. The normalized spacial score (nSPS) is 10.9. The van der Waals surface area contributed by atoms with Crippen LogP contribution in [-0.4, -0.2) is 31.1 Å². The number of amides is 1. The molecule has 0 saturated heterocycles. The summed E-state index contributed by atoms with van der Waals surface area (Å²) in [6.07, 6.45) is 2.17. The van der Waals surface area contributed by atoms with Gasteiger partial charge in [0.25, 0.3) is 0 Å². The summed E-state index contributed by atoms with van der Waals surface area (Å²) in [6, 6.07) is 6.64. The molecular weight excluding hydrogens is 269 g/mol. The first-order valence-corrected chi connectivity index (χ1v) is 7.54. The topological polar surface area (TPSA) is 29.5 Å². The maximum absolute atomic E-state index is 13.7. The van der Waals surface area contributed by atoms with Gasteiger partial charge < -0.3 is 9.64 Å². The monoisotopic (exact) mass is 295 g/mol. The Bertz CT molecular complexity index is 435. The van der Waals surface area contributed by atoms with Crippen LogP contribution >= 0.6 is 0 Å². The number of ether oxygens (including phenoxy) is 1. The molecule has 0 fully saturated rings. The molecule has 3 nitrogen and oxygen atoms in total. The van der Waals surface area contributed by atoms with Gasteiger partial charge in [0.2, 0.25) is 5.91 Å². The molecule has 4 heteroatoms. The second kappa shape index (κ2) is 9.50. The lowest BCUT2D eigenvalue weighted by Gasteiger charge is -2.25. The number of benzene rings is 1. The predicted molar refractivity (Wildman–Crippen MR) is 82.4 cm³/mol. The van der Waals surface area contributed by atoms with Gasteiger partial charge >= 0.3 is 0 Å². The van der Waals surface area contributed by atoms with Crippen molar-refractivity contribution in [1.82, 2.24) is 4.90 Å². The van der Waals surface area contributed by atoms with E-state index in [-0.39, 0.29) is 11.7 Å². The fourth-order valence-corrected chi connectivity index (χ4v) is 2.21. The average molecular weight is 295 g/mol. The van der Waals surface area contributed by atoms with Crippen molar-refractivity contribution in [2.24, 2.45) is 5.92 Å². The van der Waals surface area contributed by atoms with Crippen LogP contribution in [0.5, 0.6) is 0 Å². The minimum Gasteiger partial charge on any atom is -0.385 e. The average Bonchev–Trinajstić information content (AvgIpc) is 2.44. The first kappa shape index (κ1) is 17.6. The molecule has 0 aliphatic rings. The lowest BCUT2D eigenvalue weighted by Crippen LogP contribution is -2.33. The van der Waals surface area contributed by atoms with Crippen LogP contribution in [0.15, 0.2) is 24.3 Å². The molecule has 0 N–H and O–H groups in total. The van der Waals surface area contributed by atoms with Crippen LogP contribution in [0.4, 0.5) is 4.39 Å². The Hall–Kier alpha value is -1.42. The minimum atomic E-state index is -0.251. The highest BCUT2D eigenvalue weighted by Gasteiger charge is 2.16. The first-order chi connectivity index (χ1) is 10.0. The number of carbonyl (C=O) groups is 1. The highest BCUT2D eigenvalue weighted by Crippen LogP contribution is 2.13. The number of nitrogens with zero attached hydrogens (tertiary/aromatic N) is 1. The summed E-state index contributed by atoms with van der Waals surface area (Å²) in [7, 11) is 1.66. The van der Waals surface area contributed by atoms with E-state index < -0.39 is 0 Å². The molecule has 118 valence electrons. The quantitative estimate of drug-likeness (QED) is 0.651. The van der Waals surface area contributed by atoms with Crippen LogP contribution < -0.4 is 0 Å². The number of rotatable bonds is 9. The third kappa shape index (κ3) is 6.71. The molecule has 1 aromatic rings. The molecule has 0 bridgehead atoms. The number of methoxy groups -OCH3 is 1. The number of hydrogen-bond acceptors (Lipinski definition) is 2. The summed E-state index contributed by atoms with van der Waals surface area (Å²) in [5, 5.41) is 0. The molecule has 0 atom stereocenters. The largest absolute Gasteiger partial charge is 0.385 e. The third-order valence-corrected chi connectivity index (χ3v) is 3.25. The predicted octanol–water partition coefficient (Wildman–Crippen LogP) is 3.63. The Morgan fingerprint density at radius 1 is 1.29 bits per heavy atom. The van der Waals surface area contributed by atoms with E-state index in [1.54, 1.807) is 30.2 Å². The molecule has 0 spiro atoms. The second-order valence-corrected chi connectivity index (χ2v) is 5.71. The van der Waals surface area contributed by atoms with Crippen molar-refractivity contribution in [3.8, 4) is 0 Å². The van der Waals surface area contributed by atoms with Gasteiger partial charge in [0, 0.05) is 38.8 Å². The van der Waals surface area contributed by atoms with Crippen molar-refractivity contribution >= 4 is 5.91 Å². The lowest BCUT2D eigenvalue weighted by molar-refractivity contribution is -0.132. The van der Waals surface area contributed by atoms with Crippen LogP contribution in [0.25, 0.3) is 0 Å². The van der Waals surface area contributed by atoms with Crippen molar-refractivity contribution in [2.75, 3.05) is 20.3 Å². The van der Waals surface area contributed by atoms with Gasteiger partial charge in [0.1, 0.15) is 5.82 Å². The molecule has 0 unspecified atom stereocenters. The van der Waals surface area contributed by atoms with E-state index in [1.165, 1.54) is 6.07 Å². The molecule has 0 aliphatic heterocycles. The zero-order valence-corrected chi connectivity index (χ0v) is 13.3. The van der Waals surface area contributed by atoms with Gasteiger partial charge in [-0.1, -0.05) is 32.0 Å². The van der Waals surface area contributed by atoms with Crippen molar-refractivity contribution < 1.29 is 13.9 Å². The van der Waals surface area contributed by atoms with Gasteiger partial charge in [-0.05, 0) is 24.8 Å². The van der Waals surface area contributed by atoms with Crippen LogP contribution in [0.3, 0.4) is 0 Å². The first-order valence-electron chi connectivity index (χ1n) is 7.54. The van der Waals surface area contributed by atoms with Crippen LogP contribution in [0.1, 0.15) is 38.7 Å². The van der Waals surface area contributed by atoms with Gasteiger partial charge in [-0.25, -0.2) is 4.39 Å². The van der Waals surface area contributed by atoms with Gasteiger partial charge in [-0.3, -0.25) is 4.79 Å². The number of unbranched alkanes of at least 4 members (excludes halogenated alkanes) is 1. The van der Waals surface area contributed by atoms with Gasteiger partial charge in [0.15, 0.2) is 0 Å². The summed E-state index contributed by atoms with van der Waals surface area (Å²) >= 11 is 0. The van der Waals surface area contributed by atoms with Crippen molar-refractivity contribution in [3.05, 3.63) is 35.6 Å². The SMILES string of the molecule is COCCCCC(=O)N(Cc1ccccc1F)CC(C)C. The van der Waals surface area contributed by atoms with E-state index in [0.717, 1.165) is 12.8 Å². The maximum Gasteiger partial charge on any atom is 0.222 e. The zero-order valence-electron chi connectivity index (χ0n) is 13.3. The Morgan fingerprint density at radius 2 is 2.00 bits per heavy atom. The van der Waals surface area contributed by atoms with E-state index in [4.69, 9.17) is 4.74 Å². The second-order valence-electron chi connectivity index (χ2n) is 5.71. The number of carbonyl (C=O) groups excluding carboxylic acids is 1. The van der Waals surface area contributed by atoms with E-state index in [0.29, 0.717) is 37.6 Å². The molecule has 1 amide bonds. The Kier molecular flexibility index (Phi) is 7.98. The Labute approximate surface area is 127 Å². The molecule has 21 heavy (non-hydrogen) atoms. The molecule has 1 rings (SSSR count). The molecule has 0 aliphatic carbocycles. The maximum atomic E-state index is 13.7. The highest BCUT2D eigenvalue weighted by atomic mass is 19.1. The summed E-state index contributed by atoms with van der Waals surface area (Å²) in [5.74, 6) is 0.196. The fourth-order valence-electron chi connectivity index (χ4n) is 2.21. The van der Waals surface area contributed by atoms with E-state index in [1.807, 2.05) is 0 Å². The smallest absolute Gasteiger partial charge is 0.222 e. The Morgan fingerprint density at radius 3 is 2.62 bits per heavy atom. The molecule has 0 radical (unpaired) electrons. The van der Waals surface area contributed by atoms with Crippen LogP contribution in [0, 0.1) is 11.7 Å². The van der Waals surface area contributed by atoms with Gasteiger partial charge in [0.05, 0.1) is 0 Å². The van der Waals surface area contributed by atoms with Gasteiger partial charge in [-0.2, -0.15) is 0 Å². The summed E-state index contributed by atoms with van der Waals surface area (Å²) in [4.78, 5) is 14.1. The number of halogens is 1. The van der Waals surface area contributed by atoms with Crippen molar-refractivity contribution in [2.45, 2.75) is 39.7 Å². The lowest BCUT2D eigenvalue weighted by atomic mass is 10.1. The summed E-state index contributed by atoms with van der Waals surface area (Å²) in [6.45, 7) is 5.79. The zero-order chi connectivity index (χ0) is 15.7. The summed E-state index contributed by atoms with van der Waals surface area (Å²) < 4.78 is 18.7. The fraction of sp³-hybridized carbons (Fsp3) is 0.588. The van der Waals surface area contributed by atoms with Gasteiger partial charge in [-0.15, -0.1) is 0 Å². The molecule has 0 saturated carbocycles. The molecule has 1 aromatic carbocycles. The Balaban J connectivity index is 2.62. The van der Waals surface area contributed by atoms with E-state index in [9.17, 15) is 9.18 Å². The minimum absolute atomic E-state index is 0.0862. The van der Waals surface area contributed by atoms with Crippen molar-refractivity contribution in [1.29, 1.82) is 0 Å². The van der Waals surface area contributed by atoms with E-state index in [2.05, 4.69) is 13.8 Å². The highest BCUT2D eigenvalue weighted by molar-refractivity contribution is 5.76. The van der Waals surface area contributed by atoms with E-state index >= 15 is 0 Å². The molecule has 0 aromatic heterocycles. The van der Waals surface area contributed by atoms with Crippen LogP contribution in [0.2, 0.25) is 0 Å². The van der Waals surface area contributed by atoms with Crippen molar-refractivity contribution in [3.63, 3.8) is 0 Å². The van der Waals surface area contributed by atoms with Crippen LogP contribution in [-0.2, 0) is 16.1 Å². The third-order valence-electron chi connectivity index (χ3n) is 3.25. The molecular formula is C17H26FNO2.